The largest absolute Gasteiger partial charge is 0.271 e. The van der Waals surface area contributed by atoms with Crippen molar-refractivity contribution >= 4 is 34.5 Å². The molecular weight excluding hydrogens is 265 g/mol. The summed E-state index contributed by atoms with van der Waals surface area (Å²) in [5.74, 6) is 5.55. The zero-order valence-corrected chi connectivity index (χ0v) is 10.5. The van der Waals surface area contributed by atoms with Gasteiger partial charge < -0.3 is 0 Å². The van der Waals surface area contributed by atoms with Gasteiger partial charge in [-0.2, -0.15) is 0 Å². The quantitative estimate of drug-likeness (QED) is 0.514. The van der Waals surface area contributed by atoms with Gasteiger partial charge in [0.15, 0.2) is 0 Å². The van der Waals surface area contributed by atoms with Crippen molar-refractivity contribution in [3.05, 3.63) is 50.4 Å². The Hall–Kier alpha value is -0.650. The highest BCUT2D eigenvalue weighted by Crippen LogP contribution is 2.32. The maximum Gasteiger partial charge on any atom is 0.129 e. The first-order valence-corrected chi connectivity index (χ1v) is 6.16. The standard InChI is InChI=1S/C10H9Cl2N3S/c11-7-2-4-16-10(7)9(15-13)6-1-3-14-8(12)5-6/h1-5,9,15H,13H2. The van der Waals surface area contributed by atoms with E-state index in [0.717, 1.165) is 10.4 Å². The summed E-state index contributed by atoms with van der Waals surface area (Å²) in [4.78, 5) is 4.89. The SMILES string of the molecule is NNC(c1ccnc(Cl)c1)c1sccc1Cl. The van der Waals surface area contributed by atoms with Crippen LogP contribution >= 0.6 is 34.5 Å². The lowest BCUT2D eigenvalue weighted by Crippen LogP contribution is -2.28. The van der Waals surface area contributed by atoms with Gasteiger partial charge in [-0.1, -0.05) is 23.2 Å². The first-order chi connectivity index (χ1) is 7.72. The fourth-order valence-corrected chi connectivity index (χ4v) is 2.87. The van der Waals surface area contributed by atoms with Crippen molar-refractivity contribution < 1.29 is 0 Å². The third-order valence-corrected chi connectivity index (χ3v) is 3.79. The van der Waals surface area contributed by atoms with Gasteiger partial charge >= 0.3 is 0 Å². The summed E-state index contributed by atoms with van der Waals surface area (Å²) in [6.07, 6.45) is 1.64. The average Bonchev–Trinajstić information content (AvgIpc) is 2.67. The number of aromatic nitrogens is 1. The molecule has 2 aromatic heterocycles. The number of nitrogens with one attached hydrogen (secondary N) is 1. The molecule has 2 heterocycles. The van der Waals surface area contributed by atoms with Gasteiger partial charge in [0.1, 0.15) is 5.15 Å². The molecule has 2 rings (SSSR count). The van der Waals surface area contributed by atoms with Gasteiger partial charge in [-0.15, -0.1) is 11.3 Å². The maximum atomic E-state index is 6.07. The van der Waals surface area contributed by atoms with E-state index in [1.165, 1.54) is 0 Å². The van der Waals surface area contributed by atoms with Gasteiger partial charge in [0.2, 0.25) is 0 Å². The van der Waals surface area contributed by atoms with Crippen molar-refractivity contribution in [3.8, 4) is 0 Å². The molecule has 0 bridgehead atoms. The molecule has 0 saturated carbocycles. The van der Waals surface area contributed by atoms with Crippen molar-refractivity contribution in [2.45, 2.75) is 6.04 Å². The number of hydrazine groups is 1. The van der Waals surface area contributed by atoms with E-state index in [4.69, 9.17) is 29.0 Å². The molecule has 0 saturated heterocycles. The number of hydrogen-bond acceptors (Lipinski definition) is 4. The predicted molar refractivity (Wildman–Crippen MR) is 67.7 cm³/mol. The topological polar surface area (TPSA) is 50.9 Å². The molecule has 0 aliphatic heterocycles. The van der Waals surface area contributed by atoms with Crippen LogP contribution in [0, 0.1) is 0 Å². The zero-order chi connectivity index (χ0) is 11.5. The Morgan fingerprint density at radius 1 is 1.38 bits per heavy atom. The van der Waals surface area contributed by atoms with Crippen LogP contribution in [0.5, 0.6) is 0 Å². The fraction of sp³-hybridized carbons (Fsp3) is 0.100. The van der Waals surface area contributed by atoms with E-state index in [1.807, 2.05) is 17.5 Å². The lowest BCUT2D eigenvalue weighted by Gasteiger charge is -2.15. The van der Waals surface area contributed by atoms with Gasteiger partial charge in [0.25, 0.3) is 0 Å². The molecule has 0 amide bonds. The van der Waals surface area contributed by atoms with Gasteiger partial charge in [0, 0.05) is 11.1 Å². The van der Waals surface area contributed by atoms with Crippen molar-refractivity contribution in [2.24, 2.45) is 5.84 Å². The molecule has 0 aromatic carbocycles. The first-order valence-electron chi connectivity index (χ1n) is 4.53. The van der Waals surface area contributed by atoms with Crippen molar-refractivity contribution in [3.63, 3.8) is 0 Å². The Balaban J connectivity index is 2.40. The molecule has 3 N–H and O–H groups in total. The summed E-state index contributed by atoms with van der Waals surface area (Å²) in [5.41, 5.74) is 3.67. The number of pyridine rings is 1. The number of halogens is 2. The van der Waals surface area contributed by atoms with E-state index < -0.39 is 0 Å². The number of rotatable bonds is 3. The van der Waals surface area contributed by atoms with Crippen LogP contribution in [0.1, 0.15) is 16.5 Å². The molecule has 3 nitrogen and oxygen atoms in total. The summed E-state index contributed by atoms with van der Waals surface area (Å²) in [7, 11) is 0. The molecule has 0 aliphatic carbocycles. The summed E-state index contributed by atoms with van der Waals surface area (Å²) in [6.45, 7) is 0. The molecule has 2 aromatic rings. The van der Waals surface area contributed by atoms with Gasteiger partial charge in [-0.3, -0.25) is 5.84 Å². The highest BCUT2D eigenvalue weighted by molar-refractivity contribution is 7.10. The smallest absolute Gasteiger partial charge is 0.129 e. The van der Waals surface area contributed by atoms with Gasteiger partial charge in [0.05, 0.1) is 11.1 Å². The second kappa shape index (κ2) is 5.12. The van der Waals surface area contributed by atoms with Crippen LogP contribution in [0.3, 0.4) is 0 Å². The molecule has 6 heteroatoms. The number of hydrogen-bond donors (Lipinski definition) is 2. The first kappa shape index (κ1) is 11.8. The Morgan fingerprint density at radius 2 is 2.19 bits per heavy atom. The Bertz CT molecular complexity index is 486. The maximum absolute atomic E-state index is 6.07. The molecule has 1 atom stereocenters. The Morgan fingerprint density at radius 3 is 2.75 bits per heavy atom. The minimum Gasteiger partial charge on any atom is -0.271 e. The van der Waals surface area contributed by atoms with Crippen LogP contribution < -0.4 is 11.3 Å². The zero-order valence-electron chi connectivity index (χ0n) is 8.15. The van der Waals surface area contributed by atoms with Crippen LogP contribution in [0.2, 0.25) is 10.2 Å². The predicted octanol–water partition coefficient (Wildman–Crippen LogP) is 3.00. The molecule has 1 unspecified atom stereocenters. The minimum atomic E-state index is -0.159. The molecule has 0 spiro atoms. The lowest BCUT2D eigenvalue weighted by atomic mass is 10.1. The van der Waals surface area contributed by atoms with E-state index in [0.29, 0.717) is 10.2 Å². The fourth-order valence-electron chi connectivity index (χ4n) is 1.43. The van der Waals surface area contributed by atoms with Crippen LogP contribution in [-0.4, -0.2) is 4.98 Å². The highest BCUT2D eigenvalue weighted by Gasteiger charge is 2.17. The van der Waals surface area contributed by atoms with E-state index in [-0.39, 0.29) is 6.04 Å². The van der Waals surface area contributed by atoms with Gasteiger partial charge in [-0.05, 0) is 29.1 Å². The number of nitrogens with zero attached hydrogens (tertiary/aromatic N) is 1. The summed E-state index contributed by atoms with van der Waals surface area (Å²) in [5, 5.41) is 3.05. The van der Waals surface area contributed by atoms with Gasteiger partial charge in [-0.25, -0.2) is 10.4 Å². The molecule has 84 valence electrons. The summed E-state index contributed by atoms with van der Waals surface area (Å²) in [6, 6.07) is 5.30. The van der Waals surface area contributed by atoms with Crippen LogP contribution in [0.4, 0.5) is 0 Å². The highest BCUT2D eigenvalue weighted by atomic mass is 35.5. The molecular formula is C10H9Cl2N3S. The van der Waals surface area contributed by atoms with E-state index in [2.05, 4.69) is 10.4 Å². The number of thiophene rings is 1. The summed E-state index contributed by atoms with van der Waals surface area (Å²) < 4.78 is 0. The van der Waals surface area contributed by atoms with Crippen molar-refractivity contribution in [2.75, 3.05) is 0 Å². The summed E-state index contributed by atoms with van der Waals surface area (Å²) >= 11 is 13.5. The monoisotopic (exact) mass is 273 g/mol. The van der Waals surface area contributed by atoms with Crippen molar-refractivity contribution in [1.29, 1.82) is 0 Å². The van der Waals surface area contributed by atoms with Crippen LogP contribution in [-0.2, 0) is 0 Å². The molecule has 16 heavy (non-hydrogen) atoms. The second-order valence-electron chi connectivity index (χ2n) is 3.14. The average molecular weight is 274 g/mol. The van der Waals surface area contributed by atoms with Crippen LogP contribution in [0.15, 0.2) is 29.8 Å². The number of nitrogens with two attached hydrogens (primary N) is 1. The second-order valence-corrected chi connectivity index (χ2v) is 4.89. The normalized spacial score (nSPS) is 12.7. The van der Waals surface area contributed by atoms with Crippen LogP contribution in [0.25, 0.3) is 0 Å². The minimum absolute atomic E-state index is 0.159. The van der Waals surface area contributed by atoms with E-state index >= 15 is 0 Å². The molecule has 0 radical (unpaired) electrons. The van der Waals surface area contributed by atoms with Crippen molar-refractivity contribution in [1.82, 2.24) is 10.4 Å². The Kier molecular flexibility index (Phi) is 3.78. The Labute approximate surface area is 107 Å². The van der Waals surface area contributed by atoms with E-state index in [1.54, 1.807) is 23.6 Å². The van der Waals surface area contributed by atoms with E-state index in [9.17, 15) is 0 Å². The third-order valence-electron chi connectivity index (χ3n) is 2.16. The molecule has 0 aliphatic rings. The molecule has 0 fully saturated rings. The third kappa shape index (κ3) is 2.36. The lowest BCUT2D eigenvalue weighted by molar-refractivity contribution is 0.646.